The van der Waals surface area contributed by atoms with Crippen LogP contribution in [0.4, 0.5) is 11.6 Å². The van der Waals surface area contributed by atoms with E-state index in [0.29, 0.717) is 17.5 Å². The first-order valence-electron chi connectivity index (χ1n) is 8.68. The summed E-state index contributed by atoms with van der Waals surface area (Å²) < 4.78 is 0. The Morgan fingerprint density at radius 2 is 2.07 bits per heavy atom. The number of hydrogen-bond donors (Lipinski definition) is 2. The van der Waals surface area contributed by atoms with Crippen molar-refractivity contribution in [2.24, 2.45) is 0 Å². The molecule has 2 N–H and O–H groups in total. The number of halogens is 1. The van der Waals surface area contributed by atoms with E-state index < -0.39 is 0 Å². The van der Waals surface area contributed by atoms with Crippen LogP contribution in [0.15, 0.2) is 30.5 Å². The monoisotopic (exact) mass is 383 g/mol. The van der Waals surface area contributed by atoms with E-state index in [0.717, 1.165) is 37.3 Å². The molecule has 9 heteroatoms. The summed E-state index contributed by atoms with van der Waals surface area (Å²) in [4.78, 5) is 27.7. The van der Waals surface area contributed by atoms with Crippen molar-refractivity contribution in [2.45, 2.75) is 19.8 Å². The van der Waals surface area contributed by atoms with Crippen LogP contribution < -0.4 is 10.2 Å². The fourth-order valence-corrected chi connectivity index (χ4v) is 3.16. The van der Waals surface area contributed by atoms with Gasteiger partial charge < -0.3 is 10.2 Å². The zero-order valence-corrected chi connectivity index (χ0v) is 15.5. The maximum atomic E-state index is 12.7. The number of benzene rings is 1. The quantitative estimate of drug-likeness (QED) is 0.718. The highest BCUT2D eigenvalue weighted by molar-refractivity contribution is 6.34. The minimum atomic E-state index is -0.383. The van der Waals surface area contributed by atoms with Gasteiger partial charge in [0.1, 0.15) is 5.82 Å². The van der Waals surface area contributed by atoms with Crippen LogP contribution in [0.3, 0.4) is 0 Å². The van der Waals surface area contributed by atoms with Crippen molar-refractivity contribution in [1.82, 2.24) is 25.1 Å². The first-order chi connectivity index (χ1) is 13.1. The predicted molar refractivity (Wildman–Crippen MR) is 103 cm³/mol. The zero-order valence-electron chi connectivity index (χ0n) is 14.7. The molecule has 0 saturated carbocycles. The molecule has 27 heavy (non-hydrogen) atoms. The van der Waals surface area contributed by atoms with E-state index in [1.165, 1.54) is 6.20 Å². The number of nitrogens with one attached hydrogen (secondary N) is 2. The van der Waals surface area contributed by atoms with Gasteiger partial charge in [-0.05, 0) is 31.9 Å². The third kappa shape index (κ3) is 3.75. The molecule has 3 heterocycles. The van der Waals surface area contributed by atoms with Gasteiger partial charge in [0.25, 0.3) is 5.91 Å². The highest BCUT2D eigenvalue weighted by atomic mass is 35.5. The van der Waals surface area contributed by atoms with Crippen molar-refractivity contribution in [1.29, 1.82) is 0 Å². The Hall–Kier alpha value is -3.00. The third-order valence-electron chi connectivity index (χ3n) is 4.31. The number of anilines is 2. The minimum Gasteiger partial charge on any atom is -0.341 e. The summed E-state index contributed by atoms with van der Waals surface area (Å²) in [5.41, 5.74) is 1.56. The van der Waals surface area contributed by atoms with Gasteiger partial charge in [-0.1, -0.05) is 23.7 Å². The minimum absolute atomic E-state index is 0.160. The van der Waals surface area contributed by atoms with Crippen LogP contribution in [-0.2, 0) is 0 Å². The van der Waals surface area contributed by atoms with Crippen molar-refractivity contribution in [3.8, 4) is 11.4 Å². The number of aromatic amines is 1. The summed E-state index contributed by atoms with van der Waals surface area (Å²) in [7, 11) is 0. The Bertz CT molecular complexity index is 981. The second-order valence-electron chi connectivity index (χ2n) is 6.34. The van der Waals surface area contributed by atoms with Crippen LogP contribution in [0.5, 0.6) is 0 Å². The lowest BCUT2D eigenvalue weighted by Crippen LogP contribution is -2.23. The molecule has 1 aliphatic heterocycles. The van der Waals surface area contributed by atoms with Gasteiger partial charge in [0, 0.05) is 24.3 Å². The van der Waals surface area contributed by atoms with E-state index in [4.69, 9.17) is 11.6 Å². The molecule has 8 nitrogen and oxygen atoms in total. The number of carbonyl (C=O) groups excluding carboxylic acids is 1. The molecule has 0 aliphatic carbocycles. The molecule has 0 spiro atoms. The smallest absolute Gasteiger partial charge is 0.276 e. The second kappa shape index (κ2) is 7.32. The van der Waals surface area contributed by atoms with Crippen molar-refractivity contribution >= 4 is 29.1 Å². The standard InChI is InChI=1S/C18H18ClN7O/c1-11-21-16(25-24-11)12-5-4-6-13(9-12)22-17(27)15-14(19)10-20-18(23-15)26-7-2-3-8-26/h4-6,9-10H,2-3,7-8H2,1H3,(H,22,27)(H,21,24,25). The Balaban J connectivity index is 1.56. The van der Waals surface area contributed by atoms with Crippen LogP contribution in [-0.4, -0.2) is 44.1 Å². The largest absolute Gasteiger partial charge is 0.341 e. The van der Waals surface area contributed by atoms with Gasteiger partial charge in [0.05, 0.1) is 11.2 Å². The van der Waals surface area contributed by atoms with Gasteiger partial charge >= 0.3 is 0 Å². The maximum Gasteiger partial charge on any atom is 0.276 e. The highest BCUT2D eigenvalue weighted by Gasteiger charge is 2.20. The second-order valence-corrected chi connectivity index (χ2v) is 6.75. The maximum absolute atomic E-state index is 12.7. The topological polar surface area (TPSA) is 99.7 Å². The fourth-order valence-electron chi connectivity index (χ4n) is 2.98. The average Bonchev–Trinajstić information content (AvgIpc) is 3.34. The molecular weight excluding hydrogens is 366 g/mol. The molecule has 1 aromatic carbocycles. The first kappa shape index (κ1) is 17.4. The van der Waals surface area contributed by atoms with Crippen LogP contribution in [0.2, 0.25) is 5.02 Å². The van der Waals surface area contributed by atoms with Gasteiger partial charge in [-0.25, -0.2) is 15.0 Å². The molecule has 0 atom stereocenters. The van der Waals surface area contributed by atoms with E-state index in [-0.39, 0.29) is 16.6 Å². The summed E-state index contributed by atoms with van der Waals surface area (Å²) in [6.45, 7) is 3.61. The van der Waals surface area contributed by atoms with E-state index in [1.54, 1.807) is 12.1 Å². The first-order valence-corrected chi connectivity index (χ1v) is 9.06. The Kier molecular flexibility index (Phi) is 4.72. The van der Waals surface area contributed by atoms with Gasteiger partial charge in [-0.15, -0.1) is 0 Å². The molecular formula is C18H18ClN7O. The molecule has 1 fully saturated rings. The number of aromatic nitrogens is 5. The molecule has 0 bridgehead atoms. The number of amides is 1. The summed E-state index contributed by atoms with van der Waals surface area (Å²) >= 11 is 6.17. The molecule has 4 rings (SSSR count). The van der Waals surface area contributed by atoms with Gasteiger partial charge in [-0.2, -0.15) is 5.10 Å². The number of aryl methyl sites for hydroxylation is 1. The Labute approximate surface area is 161 Å². The highest BCUT2D eigenvalue weighted by Crippen LogP contribution is 2.23. The zero-order chi connectivity index (χ0) is 18.8. The molecule has 0 unspecified atom stereocenters. The lowest BCUT2D eigenvalue weighted by atomic mass is 10.2. The summed E-state index contributed by atoms with van der Waals surface area (Å²) in [5.74, 6) is 1.44. The lowest BCUT2D eigenvalue weighted by Gasteiger charge is -2.16. The van der Waals surface area contributed by atoms with E-state index in [9.17, 15) is 4.79 Å². The van der Waals surface area contributed by atoms with E-state index >= 15 is 0 Å². The number of hydrogen-bond acceptors (Lipinski definition) is 6. The molecule has 1 saturated heterocycles. The van der Waals surface area contributed by atoms with Crippen molar-refractivity contribution in [3.63, 3.8) is 0 Å². The molecule has 0 radical (unpaired) electrons. The van der Waals surface area contributed by atoms with Gasteiger partial charge in [0.15, 0.2) is 11.5 Å². The normalized spacial score (nSPS) is 13.8. The number of H-pyrrole nitrogens is 1. The van der Waals surface area contributed by atoms with E-state index in [2.05, 4.69) is 35.4 Å². The summed E-state index contributed by atoms with van der Waals surface area (Å²) in [6.07, 6.45) is 3.67. The number of rotatable bonds is 4. The Morgan fingerprint density at radius 1 is 1.26 bits per heavy atom. The average molecular weight is 384 g/mol. The van der Waals surface area contributed by atoms with Crippen LogP contribution in [0, 0.1) is 6.92 Å². The lowest BCUT2D eigenvalue weighted by molar-refractivity contribution is 0.102. The molecule has 1 amide bonds. The van der Waals surface area contributed by atoms with Gasteiger partial charge in [-0.3, -0.25) is 9.89 Å². The van der Waals surface area contributed by atoms with Crippen molar-refractivity contribution < 1.29 is 4.79 Å². The van der Waals surface area contributed by atoms with Crippen LogP contribution in [0.25, 0.3) is 11.4 Å². The number of carbonyl (C=O) groups is 1. The Morgan fingerprint density at radius 3 is 2.81 bits per heavy atom. The molecule has 138 valence electrons. The van der Waals surface area contributed by atoms with Crippen LogP contribution >= 0.6 is 11.6 Å². The summed E-state index contributed by atoms with van der Waals surface area (Å²) in [6, 6.07) is 7.30. The van der Waals surface area contributed by atoms with E-state index in [1.807, 2.05) is 19.1 Å². The van der Waals surface area contributed by atoms with Crippen molar-refractivity contribution in [2.75, 3.05) is 23.3 Å². The third-order valence-corrected chi connectivity index (χ3v) is 4.59. The molecule has 3 aromatic rings. The molecule has 1 aliphatic rings. The molecule has 2 aromatic heterocycles. The summed E-state index contributed by atoms with van der Waals surface area (Å²) in [5, 5.41) is 10.00. The fraction of sp³-hybridized carbons (Fsp3) is 0.278. The number of nitrogens with zero attached hydrogens (tertiary/aromatic N) is 5. The van der Waals surface area contributed by atoms with Crippen LogP contribution in [0.1, 0.15) is 29.2 Å². The SMILES string of the molecule is Cc1nc(-c2cccc(NC(=O)c3nc(N4CCCC4)ncc3Cl)c2)n[nH]1. The van der Waals surface area contributed by atoms with Crippen molar-refractivity contribution in [3.05, 3.63) is 47.0 Å². The van der Waals surface area contributed by atoms with Gasteiger partial charge in [0.2, 0.25) is 5.95 Å². The predicted octanol–water partition coefficient (Wildman–Crippen LogP) is 3.08.